The van der Waals surface area contributed by atoms with Crippen molar-refractivity contribution in [1.29, 1.82) is 0 Å². The third-order valence-electron chi connectivity index (χ3n) is 6.43. The number of aliphatic hydroxyl groups excluding tert-OH is 1. The fourth-order valence-corrected chi connectivity index (χ4v) is 7.17. The second-order valence-electron chi connectivity index (χ2n) is 9.04. The smallest absolute Gasteiger partial charge is 0.364 e. The first-order chi connectivity index (χ1) is 19.5. The largest absolute Gasteiger partial charge is 0.481 e. The monoisotopic (exact) mass is 604 g/mol. The molecule has 0 spiro atoms. The summed E-state index contributed by atoms with van der Waals surface area (Å²) in [5.74, 6) is -4.79. The molecule has 3 aromatic rings. The number of rotatable bonds is 10. The van der Waals surface area contributed by atoms with Crippen LogP contribution in [0.4, 0.5) is 4.39 Å². The van der Waals surface area contributed by atoms with Gasteiger partial charge in [0.1, 0.15) is 28.0 Å². The Morgan fingerprint density at radius 3 is 2.71 bits per heavy atom. The Morgan fingerprint density at radius 1 is 1.22 bits per heavy atom. The molecular formula is C24H21FN6O8S2. The lowest BCUT2D eigenvalue weighted by Gasteiger charge is -2.50. The highest BCUT2D eigenvalue weighted by molar-refractivity contribution is 8.01. The van der Waals surface area contributed by atoms with Crippen LogP contribution >= 0.6 is 23.5 Å². The SMILES string of the molecule is O=C(O)CCC(Sc1ccc2n[nH]c(=O)n2n1)C1=C(C(=O)O)N2C(=O)C(NC(=O)C(O)c3cccc(F)c3)[C@@H]2SC1. The first-order valence-electron chi connectivity index (χ1n) is 12.0. The second kappa shape index (κ2) is 11.3. The number of aromatic amines is 1. The fourth-order valence-electron chi connectivity index (χ4n) is 4.50. The van der Waals surface area contributed by atoms with Gasteiger partial charge in [0, 0.05) is 17.4 Å². The van der Waals surface area contributed by atoms with Gasteiger partial charge in [-0.15, -0.1) is 11.8 Å². The average Bonchev–Trinajstić information content (AvgIpc) is 3.32. The van der Waals surface area contributed by atoms with E-state index in [1.54, 1.807) is 6.07 Å². The van der Waals surface area contributed by atoms with Crippen LogP contribution < -0.4 is 11.0 Å². The van der Waals surface area contributed by atoms with E-state index in [9.17, 15) is 43.7 Å². The number of fused-ring (bicyclic) bond motifs is 2. The number of carboxylic acid groups (broad SMARTS) is 2. The molecule has 0 aliphatic carbocycles. The standard InChI is InChI=1S/C24H21FN6O8S2/c25-11-3-1-2-10(8-11)19(34)20(35)26-17-21(36)30-18(23(37)38)12(9-40-22(17)30)13(4-7-16(32)33)41-15-6-5-14-27-28-24(39)31(14)29-15/h1-3,5-6,8,13,17,19,22,34H,4,7,9H2,(H,26,35)(H,28,39)(H,32,33)(H,37,38)/t13?,17?,19?,22-/m0/s1. The number of carboxylic acids is 2. The van der Waals surface area contributed by atoms with Gasteiger partial charge in [0.25, 0.3) is 11.8 Å². The predicted octanol–water partition coefficient (Wildman–Crippen LogP) is 0.354. The van der Waals surface area contributed by atoms with E-state index < -0.39 is 58.0 Å². The van der Waals surface area contributed by atoms with Gasteiger partial charge in [0.05, 0.1) is 0 Å². The van der Waals surface area contributed by atoms with Gasteiger partial charge < -0.3 is 20.6 Å². The molecule has 2 amide bonds. The summed E-state index contributed by atoms with van der Waals surface area (Å²) in [5.41, 5.74) is -0.403. The first kappa shape index (κ1) is 28.3. The van der Waals surface area contributed by atoms with Crippen molar-refractivity contribution < 1.29 is 38.9 Å². The van der Waals surface area contributed by atoms with E-state index in [-0.39, 0.29) is 41.1 Å². The molecule has 4 heterocycles. The lowest BCUT2D eigenvalue weighted by Crippen LogP contribution is -2.71. The molecule has 2 aliphatic rings. The number of nitrogens with zero attached hydrogens (tertiary/aromatic N) is 4. The van der Waals surface area contributed by atoms with Crippen LogP contribution in [0.25, 0.3) is 5.65 Å². The summed E-state index contributed by atoms with van der Waals surface area (Å²) >= 11 is 2.21. The van der Waals surface area contributed by atoms with E-state index in [0.717, 1.165) is 45.1 Å². The maximum atomic E-state index is 13.5. The number of carbonyl (C=O) groups excluding carboxylic acids is 2. The Morgan fingerprint density at radius 2 is 2.00 bits per heavy atom. The van der Waals surface area contributed by atoms with Crippen LogP contribution in [0.5, 0.6) is 0 Å². The molecule has 0 saturated carbocycles. The zero-order valence-electron chi connectivity index (χ0n) is 20.8. The molecule has 17 heteroatoms. The van der Waals surface area contributed by atoms with Crippen LogP contribution in [0.3, 0.4) is 0 Å². The fraction of sp³-hybridized carbons (Fsp3) is 0.292. The Balaban J connectivity index is 1.39. The number of aliphatic carboxylic acids is 2. The maximum absolute atomic E-state index is 13.5. The van der Waals surface area contributed by atoms with Crippen LogP contribution in [-0.2, 0) is 19.2 Å². The molecular weight excluding hydrogens is 583 g/mol. The third kappa shape index (κ3) is 5.55. The molecule has 0 bridgehead atoms. The van der Waals surface area contributed by atoms with Crippen molar-refractivity contribution in [3.05, 3.63) is 69.5 Å². The van der Waals surface area contributed by atoms with Crippen molar-refractivity contribution in [2.24, 2.45) is 0 Å². The molecule has 5 rings (SSSR count). The van der Waals surface area contributed by atoms with Gasteiger partial charge in [-0.25, -0.2) is 19.1 Å². The number of β-lactam (4-membered cyclic amide) rings is 1. The van der Waals surface area contributed by atoms with Gasteiger partial charge >= 0.3 is 17.6 Å². The van der Waals surface area contributed by atoms with Crippen LogP contribution in [0.15, 0.2) is 57.5 Å². The van der Waals surface area contributed by atoms with Crippen molar-refractivity contribution in [2.45, 2.75) is 40.6 Å². The molecule has 5 N–H and O–H groups in total. The van der Waals surface area contributed by atoms with E-state index in [0.29, 0.717) is 5.03 Å². The number of nitrogens with one attached hydrogen (secondary N) is 2. The number of halogens is 1. The highest BCUT2D eigenvalue weighted by Crippen LogP contribution is 2.44. The molecule has 1 saturated heterocycles. The molecule has 4 atom stereocenters. The summed E-state index contributed by atoms with van der Waals surface area (Å²) in [7, 11) is 0. The summed E-state index contributed by atoms with van der Waals surface area (Å²) in [5, 5.41) is 41.1. The molecule has 2 aliphatic heterocycles. The van der Waals surface area contributed by atoms with E-state index in [2.05, 4.69) is 20.6 Å². The number of carbonyl (C=O) groups is 4. The molecule has 0 radical (unpaired) electrons. The van der Waals surface area contributed by atoms with Crippen molar-refractivity contribution in [2.75, 3.05) is 5.75 Å². The Kier molecular flexibility index (Phi) is 7.83. The highest BCUT2D eigenvalue weighted by Gasteiger charge is 2.55. The summed E-state index contributed by atoms with van der Waals surface area (Å²) in [6.45, 7) is 0. The number of H-pyrrole nitrogens is 1. The lowest BCUT2D eigenvalue weighted by molar-refractivity contribution is -0.151. The molecule has 3 unspecified atom stereocenters. The number of aromatic nitrogens is 4. The van der Waals surface area contributed by atoms with Crippen molar-refractivity contribution in [3.63, 3.8) is 0 Å². The predicted molar refractivity (Wildman–Crippen MR) is 141 cm³/mol. The van der Waals surface area contributed by atoms with Crippen molar-refractivity contribution in [3.8, 4) is 0 Å². The zero-order chi connectivity index (χ0) is 29.4. The Labute approximate surface area is 237 Å². The molecule has 41 heavy (non-hydrogen) atoms. The van der Waals surface area contributed by atoms with E-state index in [4.69, 9.17) is 0 Å². The van der Waals surface area contributed by atoms with E-state index in [1.807, 2.05) is 0 Å². The number of hydrogen-bond donors (Lipinski definition) is 5. The summed E-state index contributed by atoms with van der Waals surface area (Å²) < 4.78 is 14.5. The summed E-state index contributed by atoms with van der Waals surface area (Å²) in [4.78, 5) is 62.5. The maximum Gasteiger partial charge on any atom is 0.364 e. The van der Waals surface area contributed by atoms with Gasteiger partial charge in [-0.05, 0) is 41.8 Å². The Bertz CT molecular complexity index is 1660. The highest BCUT2D eigenvalue weighted by atomic mass is 32.2. The number of amides is 2. The van der Waals surface area contributed by atoms with Gasteiger partial charge in [-0.1, -0.05) is 23.9 Å². The molecule has 214 valence electrons. The molecule has 2 aromatic heterocycles. The summed E-state index contributed by atoms with van der Waals surface area (Å²) in [6, 6.07) is 6.72. The molecule has 1 aromatic carbocycles. The summed E-state index contributed by atoms with van der Waals surface area (Å²) in [6.07, 6.45) is -2.06. The number of hydrogen-bond acceptors (Lipinski definition) is 10. The number of benzene rings is 1. The van der Waals surface area contributed by atoms with Crippen LogP contribution in [0.2, 0.25) is 0 Å². The van der Waals surface area contributed by atoms with Gasteiger partial charge in [0.2, 0.25) is 0 Å². The van der Waals surface area contributed by atoms with Crippen LogP contribution in [0, 0.1) is 5.82 Å². The Hall–Kier alpha value is -4.22. The minimum atomic E-state index is -1.75. The normalized spacial score (nSPS) is 19.9. The van der Waals surface area contributed by atoms with Crippen LogP contribution in [0.1, 0.15) is 24.5 Å². The van der Waals surface area contributed by atoms with E-state index in [1.165, 1.54) is 18.2 Å². The molecule has 1 fully saturated rings. The van der Waals surface area contributed by atoms with Crippen molar-refractivity contribution in [1.82, 2.24) is 30.0 Å². The third-order valence-corrected chi connectivity index (χ3v) is 9.00. The first-order valence-corrected chi connectivity index (χ1v) is 14.0. The second-order valence-corrected chi connectivity index (χ2v) is 11.4. The quantitative estimate of drug-likeness (QED) is 0.157. The lowest BCUT2D eigenvalue weighted by atomic mass is 9.99. The zero-order valence-corrected chi connectivity index (χ0v) is 22.4. The minimum absolute atomic E-state index is 0.000629. The number of aliphatic hydroxyl groups is 1. The average molecular weight is 605 g/mol. The van der Waals surface area contributed by atoms with Gasteiger partial charge in [-0.3, -0.25) is 19.3 Å². The van der Waals surface area contributed by atoms with Crippen LogP contribution in [-0.4, -0.2) is 86.2 Å². The van der Waals surface area contributed by atoms with Gasteiger partial charge in [-0.2, -0.15) is 14.7 Å². The van der Waals surface area contributed by atoms with Gasteiger partial charge in [0.15, 0.2) is 11.8 Å². The van der Waals surface area contributed by atoms with Crippen molar-refractivity contribution >= 4 is 52.9 Å². The topological polar surface area (TPSA) is 207 Å². The molecule has 14 nitrogen and oxygen atoms in total. The number of thioether (sulfide) groups is 2. The van der Waals surface area contributed by atoms with E-state index >= 15 is 0 Å². The minimum Gasteiger partial charge on any atom is -0.481 e.